The number of hydrogen-bond donors (Lipinski definition) is 1. The number of quaternary nitrogens is 1. The number of nitrogens with one attached hydrogen (secondary N) is 1. The van der Waals surface area contributed by atoms with Crippen LogP contribution in [0.2, 0.25) is 0 Å². The number of nitrogens with zero attached hydrogens (tertiary/aromatic N) is 2. The van der Waals surface area contributed by atoms with Gasteiger partial charge in [0.2, 0.25) is 0 Å². The number of hydrogen-bond acceptors (Lipinski definition) is 2. The van der Waals surface area contributed by atoms with Crippen molar-refractivity contribution in [2.45, 2.75) is 64.7 Å². The molecule has 22 heavy (non-hydrogen) atoms. The van der Waals surface area contributed by atoms with Crippen LogP contribution in [-0.4, -0.2) is 6.54 Å². The third kappa shape index (κ3) is 6.10. The van der Waals surface area contributed by atoms with Crippen LogP contribution in [0.5, 0.6) is 0 Å². The van der Waals surface area contributed by atoms with Gasteiger partial charge < -0.3 is 0 Å². The molecule has 2 rings (SSSR count). The monoisotopic (exact) mass is 300 g/mol. The molecule has 0 amide bonds. The summed E-state index contributed by atoms with van der Waals surface area (Å²) in [6, 6.07) is 10.3. The first-order valence-electron chi connectivity index (χ1n) is 8.95. The Balaban J connectivity index is 1.54. The van der Waals surface area contributed by atoms with Gasteiger partial charge in [-0.15, -0.1) is 0 Å². The van der Waals surface area contributed by atoms with E-state index in [1.54, 1.807) is 0 Å². The molecule has 120 valence electrons. The predicted molar refractivity (Wildman–Crippen MR) is 92.3 cm³/mol. The molecule has 0 aromatic heterocycles. The van der Waals surface area contributed by atoms with Crippen LogP contribution in [-0.2, 0) is 0 Å². The van der Waals surface area contributed by atoms with Crippen LogP contribution < -0.4 is 5.01 Å². The summed E-state index contributed by atoms with van der Waals surface area (Å²) in [6.07, 6.45) is 14.4. The van der Waals surface area contributed by atoms with Gasteiger partial charge in [-0.1, -0.05) is 87.3 Å². The SMILES string of the molecule is CCCCCCCCCCC[NH+]1C=C(c2ccccc2)N=N1. The molecule has 1 aromatic rings. The fraction of sp³-hybridized carbons (Fsp3) is 0.579. The van der Waals surface area contributed by atoms with E-state index in [4.69, 9.17) is 0 Å². The van der Waals surface area contributed by atoms with E-state index < -0.39 is 0 Å². The smallest absolute Gasteiger partial charge is 0.153 e. The lowest BCUT2D eigenvalue weighted by atomic mass is 10.1. The molecule has 0 radical (unpaired) electrons. The maximum atomic E-state index is 4.31. The Morgan fingerprint density at radius 1 is 0.818 bits per heavy atom. The molecule has 1 atom stereocenters. The van der Waals surface area contributed by atoms with Crippen molar-refractivity contribution in [3.05, 3.63) is 42.1 Å². The molecule has 1 N–H and O–H groups in total. The second-order valence-electron chi connectivity index (χ2n) is 6.17. The zero-order valence-electron chi connectivity index (χ0n) is 13.9. The van der Waals surface area contributed by atoms with Crippen LogP contribution in [0.25, 0.3) is 5.70 Å². The van der Waals surface area contributed by atoms with E-state index in [-0.39, 0.29) is 0 Å². The fourth-order valence-corrected chi connectivity index (χ4v) is 2.82. The summed E-state index contributed by atoms with van der Waals surface area (Å²) >= 11 is 0. The van der Waals surface area contributed by atoms with Crippen molar-refractivity contribution in [3.8, 4) is 0 Å². The summed E-state index contributed by atoms with van der Waals surface area (Å²) in [5, 5.41) is 9.74. The van der Waals surface area contributed by atoms with Gasteiger partial charge in [0.05, 0.1) is 0 Å². The quantitative estimate of drug-likeness (QED) is 0.570. The summed E-state index contributed by atoms with van der Waals surface area (Å²) in [4.78, 5) is 0. The van der Waals surface area contributed by atoms with E-state index in [1.165, 1.54) is 57.8 Å². The van der Waals surface area contributed by atoms with Crippen molar-refractivity contribution in [2.75, 3.05) is 6.54 Å². The van der Waals surface area contributed by atoms with Crippen molar-refractivity contribution in [1.82, 2.24) is 0 Å². The molecular formula is C19H30N3+. The van der Waals surface area contributed by atoms with Gasteiger partial charge in [0.1, 0.15) is 6.54 Å². The molecule has 1 unspecified atom stereocenters. The lowest BCUT2D eigenvalue weighted by Crippen LogP contribution is -3.01. The first-order valence-corrected chi connectivity index (χ1v) is 8.95. The summed E-state index contributed by atoms with van der Waals surface area (Å²) in [5.41, 5.74) is 2.17. The van der Waals surface area contributed by atoms with Crippen LogP contribution >= 0.6 is 0 Å². The van der Waals surface area contributed by atoms with Gasteiger partial charge in [0.15, 0.2) is 11.9 Å². The normalized spacial score (nSPS) is 17.0. The van der Waals surface area contributed by atoms with Crippen LogP contribution in [0, 0.1) is 0 Å². The van der Waals surface area contributed by atoms with Crippen LogP contribution in [0.15, 0.2) is 46.9 Å². The number of benzene rings is 1. The highest BCUT2D eigenvalue weighted by atomic mass is 15.6. The van der Waals surface area contributed by atoms with Gasteiger partial charge in [0, 0.05) is 10.8 Å². The molecule has 3 nitrogen and oxygen atoms in total. The minimum absolute atomic E-state index is 1.01. The Kier molecular flexibility index (Phi) is 7.89. The van der Waals surface area contributed by atoms with E-state index >= 15 is 0 Å². The van der Waals surface area contributed by atoms with Crippen molar-refractivity contribution >= 4 is 5.70 Å². The zero-order chi connectivity index (χ0) is 15.5. The average molecular weight is 300 g/mol. The molecule has 3 heteroatoms. The first kappa shape index (κ1) is 16.9. The standard InChI is InChI=1S/C19H29N3/c1-2-3-4-5-6-7-8-9-13-16-22-17-19(20-21-22)18-14-11-10-12-15-18/h10-12,14-15,17H,2-9,13,16H2,1H3/p+1. The topological polar surface area (TPSA) is 29.2 Å². The second-order valence-corrected chi connectivity index (χ2v) is 6.17. The molecule has 1 aromatic carbocycles. The van der Waals surface area contributed by atoms with E-state index in [0.717, 1.165) is 22.8 Å². The Bertz CT molecular complexity index is 465. The Morgan fingerprint density at radius 2 is 1.45 bits per heavy atom. The van der Waals surface area contributed by atoms with Gasteiger partial charge in [-0.05, 0) is 12.8 Å². The molecule has 1 aliphatic rings. The number of unbranched alkanes of at least 4 members (excludes halogenated alkanes) is 8. The van der Waals surface area contributed by atoms with E-state index in [9.17, 15) is 0 Å². The molecule has 0 aliphatic carbocycles. The molecule has 0 spiro atoms. The van der Waals surface area contributed by atoms with Crippen molar-refractivity contribution in [1.29, 1.82) is 0 Å². The van der Waals surface area contributed by atoms with Gasteiger partial charge in [0.25, 0.3) is 0 Å². The average Bonchev–Trinajstić information content (AvgIpc) is 3.03. The minimum atomic E-state index is 1.01. The largest absolute Gasteiger partial charge is 0.162 e. The van der Waals surface area contributed by atoms with Crippen LogP contribution in [0.4, 0.5) is 0 Å². The van der Waals surface area contributed by atoms with Crippen molar-refractivity contribution < 1.29 is 5.01 Å². The van der Waals surface area contributed by atoms with Crippen LogP contribution in [0.3, 0.4) is 0 Å². The lowest BCUT2D eigenvalue weighted by molar-refractivity contribution is -0.855. The number of rotatable bonds is 11. The van der Waals surface area contributed by atoms with E-state index in [1.807, 2.05) is 18.2 Å². The molecule has 0 bridgehead atoms. The zero-order valence-corrected chi connectivity index (χ0v) is 13.9. The Labute approximate surface area is 135 Å². The third-order valence-electron chi connectivity index (χ3n) is 4.20. The minimum Gasteiger partial charge on any atom is -0.162 e. The van der Waals surface area contributed by atoms with E-state index in [0.29, 0.717) is 0 Å². The fourth-order valence-electron chi connectivity index (χ4n) is 2.82. The van der Waals surface area contributed by atoms with Crippen molar-refractivity contribution in [2.24, 2.45) is 10.3 Å². The molecular weight excluding hydrogens is 270 g/mol. The van der Waals surface area contributed by atoms with Gasteiger partial charge in [-0.25, -0.2) is 0 Å². The third-order valence-corrected chi connectivity index (χ3v) is 4.20. The molecule has 0 saturated carbocycles. The highest BCUT2D eigenvalue weighted by Crippen LogP contribution is 2.15. The maximum Gasteiger partial charge on any atom is 0.153 e. The lowest BCUT2D eigenvalue weighted by Gasteiger charge is -2.03. The molecule has 1 aliphatic heterocycles. The van der Waals surface area contributed by atoms with Crippen LogP contribution in [0.1, 0.15) is 70.3 Å². The molecule has 0 fully saturated rings. The molecule has 1 heterocycles. The summed E-state index contributed by atoms with van der Waals surface area (Å²) < 4.78 is 0. The van der Waals surface area contributed by atoms with Crippen molar-refractivity contribution in [3.63, 3.8) is 0 Å². The van der Waals surface area contributed by atoms with Gasteiger partial charge >= 0.3 is 0 Å². The maximum absolute atomic E-state index is 4.31. The highest BCUT2D eigenvalue weighted by molar-refractivity contribution is 5.63. The summed E-state index contributed by atoms with van der Waals surface area (Å²) in [6.45, 7) is 3.34. The second kappa shape index (κ2) is 10.3. The van der Waals surface area contributed by atoms with Gasteiger partial charge in [-0.2, -0.15) is 5.01 Å². The highest BCUT2D eigenvalue weighted by Gasteiger charge is 2.15. The van der Waals surface area contributed by atoms with E-state index in [2.05, 4.69) is 35.6 Å². The predicted octanol–water partition coefficient (Wildman–Crippen LogP) is 4.78. The summed E-state index contributed by atoms with van der Waals surface area (Å²) in [5.74, 6) is 0. The first-order chi connectivity index (χ1) is 10.9. The summed E-state index contributed by atoms with van der Waals surface area (Å²) in [7, 11) is 0. The Morgan fingerprint density at radius 3 is 2.14 bits per heavy atom. The molecule has 0 saturated heterocycles. The Hall–Kier alpha value is -1.48. The van der Waals surface area contributed by atoms with Gasteiger partial charge in [-0.3, -0.25) is 0 Å².